The van der Waals surface area contributed by atoms with Gasteiger partial charge < -0.3 is 9.64 Å². The molecule has 0 spiro atoms. The maximum Gasteiger partial charge on any atom is 0.227 e. The smallest absolute Gasteiger partial charge is 0.227 e. The number of halogens is 2. The van der Waals surface area contributed by atoms with E-state index >= 15 is 0 Å². The van der Waals surface area contributed by atoms with Crippen LogP contribution in [-0.2, 0) is 16.0 Å². The summed E-state index contributed by atoms with van der Waals surface area (Å²) in [5.74, 6) is -0.260. The van der Waals surface area contributed by atoms with Crippen molar-refractivity contribution in [2.75, 3.05) is 19.7 Å². The number of nitrogens with zero attached hydrogens (tertiary/aromatic N) is 1. The van der Waals surface area contributed by atoms with E-state index in [0.29, 0.717) is 24.7 Å². The van der Waals surface area contributed by atoms with E-state index in [0.717, 1.165) is 11.1 Å². The molecule has 1 atom stereocenters. The average Bonchev–Trinajstić information content (AvgIpc) is 2.58. The first kappa shape index (κ1) is 16.0. The van der Waals surface area contributed by atoms with Gasteiger partial charge in [0.2, 0.25) is 5.91 Å². The molecule has 2 aromatic rings. The average molecular weight is 334 g/mol. The number of rotatable bonds is 3. The van der Waals surface area contributed by atoms with Crippen LogP contribution in [0, 0.1) is 5.82 Å². The highest BCUT2D eigenvalue weighted by atomic mass is 35.5. The Morgan fingerprint density at radius 1 is 1.22 bits per heavy atom. The summed E-state index contributed by atoms with van der Waals surface area (Å²) in [6, 6.07) is 13.6. The van der Waals surface area contributed by atoms with E-state index in [2.05, 4.69) is 0 Å². The zero-order valence-electron chi connectivity index (χ0n) is 12.5. The SMILES string of the molecule is O=C(Cc1ccccc1Cl)N1CCO[C@H](c2ccc(F)cc2)C1. The molecule has 2 aromatic carbocycles. The summed E-state index contributed by atoms with van der Waals surface area (Å²) in [6.07, 6.45) is 0.0510. The molecule has 23 heavy (non-hydrogen) atoms. The highest BCUT2D eigenvalue weighted by molar-refractivity contribution is 6.31. The Balaban J connectivity index is 1.67. The molecule has 5 heteroatoms. The van der Waals surface area contributed by atoms with Crippen molar-refractivity contribution in [3.05, 3.63) is 70.5 Å². The molecular weight excluding hydrogens is 317 g/mol. The number of carbonyl (C=O) groups is 1. The normalized spacial score (nSPS) is 18.0. The van der Waals surface area contributed by atoms with E-state index < -0.39 is 0 Å². The lowest BCUT2D eigenvalue weighted by Gasteiger charge is -2.33. The highest BCUT2D eigenvalue weighted by Gasteiger charge is 2.25. The first-order valence-electron chi connectivity index (χ1n) is 7.52. The van der Waals surface area contributed by atoms with Crippen LogP contribution in [0.1, 0.15) is 17.2 Å². The van der Waals surface area contributed by atoms with E-state index in [1.165, 1.54) is 12.1 Å². The number of ether oxygens (including phenoxy) is 1. The number of carbonyl (C=O) groups excluding carboxylic acids is 1. The van der Waals surface area contributed by atoms with Crippen molar-refractivity contribution in [3.63, 3.8) is 0 Å². The lowest BCUT2D eigenvalue weighted by atomic mass is 10.1. The monoisotopic (exact) mass is 333 g/mol. The van der Waals surface area contributed by atoms with Crippen molar-refractivity contribution in [1.29, 1.82) is 0 Å². The Kier molecular flexibility index (Phi) is 4.94. The third kappa shape index (κ3) is 3.89. The summed E-state index contributed by atoms with van der Waals surface area (Å²) >= 11 is 6.12. The zero-order chi connectivity index (χ0) is 16.2. The van der Waals surface area contributed by atoms with E-state index in [1.807, 2.05) is 18.2 Å². The van der Waals surface area contributed by atoms with Crippen LogP contribution in [0.3, 0.4) is 0 Å². The van der Waals surface area contributed by atoms with Crippen LogP contribution in [0.2, 0.25) is 5.02 Å². The lowest BCUT2D eigenvalue weighted by Crippen LogP contribution is -2.43. The van der Waals surface area contributed by atoms with Gasteiger partial charge in [-0.3, -0.25) is 4.79 Å². The van der Waals surface area contributed by atoms with Crippen LogP contribution in [-0.4, -0.2) is 30.5 Å². The fourth-order valence-corrected chi connectivity index (χ4v) is 2.87. The predicted octanol–water partition coefficient (Wildman–Crippen LogP) is 3.62. The van der Waals surface area contributed by atoms with Crippen LogP contribution in [0.5, 0.6) is 0 Å². The number of amides is 1. The quantitative estimate of drug-likeness (QED) is 0.858. The van der Waals surface area contributed by atoms with Gasteiger partial charge in [0.05, 0.1) is 19.6 Å². The minimum atomic E-state index is -0.281. The fourth-order valence-electron chi connectivity index (χ4n) is 2.67. The second-order valence-electron chi connectivity index (χ2n) is 5.52. The van der Waals surface area contributed by atoms with Gasteiger partial charge in [-0.1, -0.05) is 41.9 Å². The number of morpholine rings is 1. The topological polar surface area (TPSA) is 29.5 Å². The van der Waals surface area contributed by atoms with Gasteiger partial charge in [0.15, 0.2) is 0 Å². The predicted molar refractivity (Wildman–Crippen MR) is 86.8 cm³/mol. The molecule has 0 N–H and O–H groups in total. The summed E-state index contributed by atoms with van der Waals surface area (Å²) in [5.41, 5.74) is 1.70. The van der Waals surface area contributed by atoms with E-state index in [-0.39, 0.29) is 24.2 Å². The Hall–Kier alpha value is -1.91. The van der Waals surface area contributed by atoms with Crippen molar-refractivity contribution in [2.24, 2.45) is 0 Å². The maximum absolute atomic E-state index is 13.0. The summed E-state index contributed by atoms with van der Waals surface area (Å²) in [6.45, 7) is 1.49. The molecule has 1 aliphatic heterocycles. The van der Waals surface area contributed by atoms with Crippen molar-refractivity contribution < 1.29 is 13.9 Å². The molecule has 0 bridgehead atoms. The standard InChI is InChI=1S/C18H17ClFNO2/c19-16-4-2-1-3-14(16)11-18(22)21-9-10-23-17(12-21)13-5-7-15(20)8-6-13/h1-8,17H,9-12H2/t17-/m0/s1. The molecular formula is C18H17ClFNO2. The van der Waals surface area contributed by atoms with E-state index in [9.17, 15) is 9.18 Å². The molecule has 1 heterocycles. The Morgan fingerprint density at radius 2 is 1.96 bits per heavy atom. The Bertz CT molecular complexity index is 690. The molecule has 120 valence electrons. The van der Waals surface area contributed by atoms with Crippen LogP contribution < -0.4 is 0 Å². The molecule has 0 aromatic heterocycles. The van der Waals surface area contributed by atoms with E-state index in [1.54, 1.807) is 23.1 Å². The minimum Gasteiger partial charge on any atom is -0.370 e. The van der Waals surface area contributed by atoms with Crippen molar-refractivity contribution in [2.45, 2.75) is 12.5 Å². The van der Waals surface area contributed by atoms with Gasteiger partial charge >= 0.3 is 0 Å². The second kappa shape index (κ2) is 7.11. The Labute approximate surface area is 139 Å². The summed E-state index contributed by atoms with van der Waals surface area (Å²) in [4.78, 5) is 14.3. The van der Waals surface area contributed by atoms with Crippen molar-refractivity contribution >= 4 is 17.5 Å². The number of hydrogen-bond acceptors (Lipinski definition) is 2. The molecule has 0 unspecified atom stereocenters. The summed E-state index contributed by atoms with van der Waals surface area (Å²) in [5, 5.41) is 0.601. The second-order valence-corrected chi connectivity index (χ2v) is 5.93. The van der Waals surface area contributed by atoms with Gasteiger partial charge in [0, 0.05) is 11.6 Å². The van der Waals surface area contributed by atoms with E-state index in [4.69, 9.17) is 16.3 Å². The number of hydrogen-bond donors (Lipinski definition) is 0. The first-order valence-corrected chi connectivity index (χ1v) is 7.89. The third-order valence-electron chi connectivity index (χ3n) is 3.96. The molecule has 1 amide bonds. The molecule has 1 saturated heterocycles. The van der Waals surface area contributed by atoms with Crippen LogP contribution in [0.4, 0.5) is 4.39 Å². The fraction of sp³-hybridized carbons (Fsp3) is 0.278. The summed E-state index contributed by atoms with van der Waals surface area (Å²) < 4.78 is 18.7. The Morgan fingerprint density at radius 3 is 2.70 bits per heavy atom. The molecule has 0 aliphatic carbocycles. The summed E-state index contributed by atoms with van der Waals surface area (Å²) in [7, 11) is 0. The molecule has 0 saturated carbocycles. The van der Waals surface area contributed by atoms with Gasteiger partial charge in [-0.15, -0.1) is 0 Å². The van der Waals surface area contributed by atoms with Crippen LogP contribution >= 0.6 is 11.6 Å². The highest BCUT2D eigenvalue weighted by Crippen LogP contribution is 2.23. The molecule has 1 fully saturated rings. The van der Waals surface area contributed by atoms with Crippen LogP contribution in [0.25, 0.3) is 0 Å². The van der Waals surface area contributed by atoms with Gasteiger partial charge in [-0.2, -0.15) is 0 Å². The van der Waals surface area contributed by atoms with Gasteiger partial charge in [-0.05, 0) is 29.3 Å². The van der Waals surface area contributed by atoms with Gasteiger partial charge in [0.25, 0.3) is 0 Å². The molecule has 3 nitrogen and oxygen atoms in total. The van der Waals surface area contributed by atoms with Gasteiger partial charge in [-0.25, -0.2) is 4.39 Å². The number of benzene rings is 2. The van der Waals surface area contributed by atoms with Crippen molar-refractivity contribution in [3.8, 4) is 0 Å². The maximum atomic E-state index is 13.0. The zero-order valence-corrected chi connectivity index (χ0v) is 13.3. The van der Waals surface area contributed by atoms with Crippen LogP contribution in [0.15, 0.2) is 48.5 Å². The largest absolute Gasteiger partial charge is 0.370 e. The lowest BCUT2D eigenvalue weighted by molar-refractivity contribution is -0.138. The van der Waals surface area contributed by atoms with Gasteiger partial charge in [0.1, 0.15) is 11.9 Å². The third-order valence-corrected chi connectivity index (χ3v) is 4.33. The molecule has 3 rings (SSSR count). The first-order chi connectivity index (χ1) is 11.1. The minimum absolute atomic E-state index is 0.0218. The van der Waals surface area contributed by atoms with Crippen molar-refractivity contribution in [1.82, 2.24) is 4.90 Å². The molecule has 1 aliphatic rings. The molecule has 0 radical (unpaired) electrons.